The molecule has 0 saturated carbocycles. The van der Waals surface area contributed by atoms with Gasteiger partial charge in [0.15, 0.2) is 0 Å². The van der Waals surface area contributed by atoms with Crippen LogP contribution in [0.1, 0.15) is 52.4 Å². The second-order valence-corrected chi connectivity index (χ2v) is 10.7. The van der Waals surface area contributed by atoms with Gasteiger partial charge < -0.3 is 14.1 Å². The standard InChI is InChI=1S/C19H40NO6PS/c1-6-7-8-9-10-11-16-28-17-18(2)19(21)24-14-15-26-27(22,23)25-13-12-20(3,4)5/h18H,6-17H2,1-5H3/p+1. The van der Waals surface area contributed by atoms with Gasteiger partial charge in [-0.2, -0.15) is 11.8 Å². The predicted octanol–water partition coefficient (Wildman–Crippen LogP) is 4.10. The summed E-state index contributed by atoms with van der Waals surface area (Å²) in [5.41, 5.74) is 0. The number of unbranched alkanes of at least 4 members (excludes halogenated alkanes) is 5. The van der Waals surface area contributed by atoms with E-state index in [1.165, 1.54) is 38.5 Å². The summed E-state index contributed by atoms with van der Waals surface area (Å²) >= 11 is 1.77. The van der Waals surface area contributed by atoms with E-state index in [9.17, 15) is 14.3 Å². The van der Waals surface area contributed by atoms with Crippen molar-refractivity contribution < 1.29 is 32.5 Å². The molecule has 168 valence electrons. The lowest BCUT2D eigenvalue weighted by molar-refractivity contribution is -0.870. The highest BCUT2D eigenvalue weighted by Gasteiger charge is 2.23. The van der Waals surface area contributed by atoms with Crippen molar-refractivity contribution in [3.63, 3.8) is 0 Å². The molecule has 1 N–H and O–H groups in total. The molecule has 9 heteroatoms. The Kier molecular flexibility index (Phi) is 15.6. The molecule has 0 fully saturated rings. The molecule has 0 aliphatic rings. The Hall–Kier alpha value is -0.110. The molecule has 0 radical (unpaired) electrons. The molecule has 0 aromatic heterocycles. The summed E-state index contributed by atoms with van der Waals surface area (Å²) in [6, 6.07) is 0. The fourth-order valence-corrected chi connectivity index (χ4v) is 3.97. The third-order valence-corrected chi connectivity index (χ3v) is 6.34. The molecule has 7 nitrogen and oxygen atoms in total. The molecule has 0 aromatic carbocycles. The first-order valence-corrected chi connectivity index (χ1v) is 12.9. The lowest BCUT2D eigenvalue weighted by Gasteiger charge is -2.24. The molecular weight excluding hydrogens is 401 g/mol. The minimum Gasteiger partial charge on any atom is -0.463 e. The summed E-state index contributed by atoms with van der Waals surface area (Å²) in [6.45, 7) is 4.52. The van der Waals surface area contributed by atoms with Gasteiger partial charge in [0.1, 0.15) is 19.8 Å². The van der Waals surface area contributed by atoms with E-state index in [0.717, 1.165) is 11.5 Å². The monoisotopic (exact) mass is 442 g/mol. The van der Waals surface area contributed by atoms with Crippen LogP contribution in [0.25, 0.3) is 0 Å². The number of carbonyl (C=O) groups is 1. The van der Waals surface area contributed by atoms with Crippen molar-refractivity contribution in [2.45, 2.75) is 52.4 Å². The van der Waals surface area contributed by atoms with E-state index in [0.29, 0.717) is 11.0 Å². The molecule has 0 aliphatic carbocycles. The number of esters is 1. The van der Waals surface area contributed by atoms with Gasteiger partial charge in [0.2, 0.25) is 0 Å². The quantitative estimate of drug-likeness (QED) is 0.148. The zero-order valence-corrected chi connectivity index (χ0v) is 20.1. The highest BCUT2D eigenvalue weighted by Crippen LogP contribution is 2.42. The van der Waals surface area contributed by atoms with Gasteiger partial charge in [0.05, 0.1) is 33.7 Å². The zero-order valence-electron chi connectivity index (χ0n) is 18.4. The van der Waals surface area contributed by atoms with Gasteiger partial charge in [0, 0.05) is 5.75 Å². The second kappa shape index (κ2) is 15.7. The molecule has 0 saturated heterocycles. The van der Waals surface area contributed by atoms with Gasteiger partial charge in [-0.1, -0.05) is 46.0 Å². The van der Waals surface area contributed by atoms with E-state index in [2.05, 4.69) is 6.92 Å². The zero-order chi connectivity index (χ0) is 21.5. The Morgan fingerprint density at radius 1 is 1.04 bits per heavy atom. The summed E-state index contributed by atoms with van der Waals surface area (Å²) in [4.78, 5) is 21.5. The van der Waals surface area contributed by atoms with E-state index >= 15 is 0 Å². The van der Waals surface area contributed by atoms with Crippen LogP contribution in [0.4, 0.5) is 0 Å². The lowest BCUT2D eigenvalue weighted by Crippen LogP contribution is -2.37. The molecule has 2 unspecified atom stereocenters. The van der Waals surface area contributed by atoms with E-state index in [-0.39, 0.29) is 31.7 Å². The number of hydrogen-bond acceptors (Lipinski definition) is 6. The SMILES string of the molecule is CCCCCCCCSCC(C)C(=O)OCCOP(=O)(O)OCC[N+](C)(C)C. The van der Waals surface area contributed by atoms with Gasteiger partial charge in [-0.3, -0.25) is 13.8 Å². The smallest absolute Gasteiger partial charge is 0.463 e. The van der Waals surface area contributed by atoms with Crippen molar-refractivity contribution in [3.8, 4) is 0 Å². The van der Waals surface area contributed by atoms with Crippen LogP contribution in [0.15, 0.2) is 0 Å². The summed E-state index contributed by atoms with van der Waals surface area (Å²) < 4.78 is 27.2. The Balaban J connectivity index is 3.72. The fourth-order valence-electron chi connectivity index (χ4n) is 2.22. The van der Waals surface area contributed by atoms with Crippen LogP contribution in [0.5, 0.6) is 0 Å². The summed E-state index contributed by atoms with van der Waals surface area (Å²) in [5, 5.41) is 0. The molecule has 2 atom stereocenters. The maximum atomic E-state index is 11.9. The molecule has 0 aliphatic heterocycles. The second-order valence-electron chi connectivity index (χ2n) is 8.06. The highest BCUT2D eigenvalue weighted by atomic mass is 32.2. The van der Waals surface area contributed by atoms with Crippen molar-refractivity contribution >= 4 is 25.6 Å². The minimum atomic E-state index is -4.10. The summed E-state index contributed by atoms with van der Waals surface area (Å²) in [7, 11) is 1.77. The topological polar surface area (TPSA) is 82.1 Å². The van der Waals surface area contributed by atoms with Crippen molar-refractivity contribution in [2.75, 3.05) is 59.0 Å². The fraction of sp³-hybridized carbons (Fsp3) is 0.947. The minimum absolute atomic E-state index is 0.0610. The predicted molar refractivity (Wildman–Crippen MR) is 115 cm³/mol. The molecule has 0 bridgehead atoms. The molecular formula is C19H41NO6PS+. The highest BCUT2D eigenvalue weighted by molar-refractivity contribution is 7.99. The molecule has 0 spiro atoms. The normalized spacial score (nSPS) is 15.2. The van der Waals surface area contributed by atoms with E-state index in [4.69, 9.17) is 13.8 Å². The average molecular weight is 443 g/mol. The third kappa shape index (κ3) is 18.0. The van der Waals surface area contributed by atoms with Crippen LogP contribution in [-0.4, -0.2) is 74.4 Å². The summed E-state index contributed by atoms with van der Waals surface area (Å²) in [6.07, 6.45) is 7.62. The van der Waals surface area contributed by atoms with Crippen LogP contribution >= 0.6 is 19.6 Å². The largest absolute Gasteiger partial charge is 0.472 e. The van der Waals surface area contributed by atoms with E-state index in [1.54, 1.807) is 11.8 Å². The first kappa shape index (κ1) is 27.9. The van der Waals surface area contributed by atoms with Crippen LogP contribution in [0.3, 0.4) is 0 Å². The molecule has 0 aromatic rings. The van der Waals surface area contributed by atoms with Gasteiger partial charge in [-0.25, -0.2) is 4.57 Å². The maximum Gasteiger partial charge on any atom is 0.472 e. The van der Waals surface area contributed by atoms with Crippen LogP contribution in [-0.2, 0) is 23.1 Å². The van der Waals surface area contributed by atoms with Crippen molar-refractivity contribution in [1.29, 1.82) is 0 Å². The number of hydrogen-bond donors (Lipinski definition) is 1. The Labute approximate surface area is 175 Å². The van der Waals surface area contributed by atoms with E-state index < -0.39 is 7.82 Å². The number of phosphoric acid groups is 1. The first-order chi connectivity index (χ1) is 13.1. The lowest BCUT2D eigenvalue weighted by atomic mass is 10.1. The average Bonchev–Trinajstić information content (AvgIpc) is 2.59. The first-order valence-electron chi connectivity index (χ1n) is 10.2. The molecule has 28 heavy (non-hydrogen) atoms. The van der Waals surface area contributed by atoms with E-state index in [1.807, 2.05) is 28.1 Å². The molecule has 0 heterocycles. The number of thioether (sulfide) groups is 1. The van der Waals surface area contributed by atoms with Gasteiger partial charge >= 0.3 is 13.8 Å². The van der Waals surface area contributed by atoms with Crippen molar-refractivity contribution in [1.82, 2.24) is 0 Å². The maximum absolute atomic E-state index is 11.9. The van der Waals surface area contributed by atoms with Gasteiger partial charge in [0.25, 0.3) is 0 Å². The Morgan fingerprint density at radius 2 is 1.64 bits per heavy atom. The Bertz CT molecular complexity index is 458. The molecule has 0 amide bonds. The Morgan fingerprint density at radius 3 is 2.29 bits per heavy atom. The third-order valence-electron chi connectivity index (χ3n) is 4.01. The number of quaternary nitrogens is 1. The van der Waals surface area contributed by atoms with Gasteiger partial charge in [-0.05, 0) is 12.2 Å². The number of likely N-dealkylation sites (N-methyl/N-ethyl adjacent to an activating group) is 1. The van der Waals surface area contributed by atoms with Gasteiger partial charge in [-0.15, -0.1) is 0 Å². The van der Waals surface area contributed by atoms with Crippen LogP contribution < -0.4 is 0 Å². The van der Waals surface area contributed by atoms with Crippen molar-refractivity contribution in [3.05, 3.63) is 0 Å². The number of phosphoric ester groups is 1. The number of rotatable bonds is 18. The van der Waals surface area contributed by atoms with Crippen molar-refractivity contribution in [2.24, 2.45) is 5.92 Å². The van der Waals surface area contributed by atoms with Crippen LogP contribution in [0.2, 0.25) is 0 Å². The number of carbonyl (C=O) groups excluding carboxylic acids is 1. The number of nitrogens with zero attached hydrogens (tertiary/aromatic N) is 1. The van der Waals surface area contributed by atoms with Crippen LogP contribution in [0, 0.1) is 5.92 Å². The number of ether oxygens (including phenoxy) is 1. The molecule has 0 rings (SSSR count). The summed E-state index contributed by atoms with van der Waals surface area (Å²) in [5.74, 6) is 1.27.